The Bertz CT molecular complexity index is 900. The molecule has 5 heteroatoms. The number of nitrogens with one attached hydrogen (secondary N) is 2. The second-order valence-electron chi connectivity index (χ2n) is 6.11. The molecule has 0 atom stereocenters. The first-order chi connectivity index (χ1) is 11.5. The average Bonchev–Trinajstić information content (AvgIpc) is 3.09. The third kappa shape index (κ3) is 2.50. The van der Waals surface area contributed by atoms with Crippen LogP contribution in [0.3, 0.4) is 0 Å². The van der Waals surface area contributed by atoms with E-state index in [1.54, 1.807) is 6.92 Å². The number of nitrogens with zero attached hydrogens (tertiary/aromatic N) is 2. The van der Waals surface area contributed by atoms with Crippen LogP contribution in [0.4, 0.5) is 5.69 Å². The highest BCUT2D eigenvalue weighted by atomic mass is 16.1. The van der Waals surface area contributed by atoms with E-state index in [2.05, 4.69) is 34.8 Å². The van der Waals surface area contributed by atoms with Gasteiger partial charge in [-0.1, -0.05) is 6.07 Å². The minimum absolute atomic E-state index is 0.0763. The number of imidazole rings is 1. The third-order valence-corrected chi connectivity index (χ3v) is 4.62. The molecule has 24 heavy (non-hydrogen) atoms. The molecular formula is C19H24N4O. The highest BCUT2D eigenvalue weighted by molar-refractivity contribution is 5.99. The van der Waals surface area contributed by atoms with Gasteiger partial charge in [0, 0.05) is 24.3 Å². The number of fused-ring (bicyclic) bond motifs is 1. The molecule has 1 aromatic carbocycles. The van der Waals surface area contributed by atoms with Crippen molar-refractivity contribution in [2.24, 2.45) is 0 Å². The lowest BCUT2D eigenvalue weighted by atomic mass is 10.1. The van der Waals surface area contributed by atoms with Crippen LogP contribution in [-0.4, -0.2) is 33.8 Å². The molecule has 0 unspecified atom stereocenters. The van der Waals surface area contributed by atoms with Gasteiger partial charge in [-0.15, -0.1) is 0 Å². The summed E-state index contributed by atoms with van der Waals surface area (Å²) in [5.74, 6) is 0.852. The molecule has 3 rings (SSSR count). The Balaban J connectivity index is 2.18. The van der Waals surface area contributed by atoms with E-state index in [1.165, 1.54) is 0 Å². The minimum atomic E-state index is 0.0763. The fraction of sp³-hybridized carbons (Fsp3) is 0.368. The van der Waals surface area contributed by atoms with Gasteiger partial charge in [0.25, 0.3) is 0 Å². The summed E-state index contributed by atoms with van der Waals surface area (Å²) < 4.78 is 0. The molecule has 0 saturated carbocycles. The van der Waals surface area contributed by atoms with Crippen molar-refractivity contribution in [1.29, 1.82) is 0 Å². The van der Waals surface area contributed by atoms with Crippen molar-refractivity contribution < 1.29 is 4.79 Å². The number of benzene rings is 1. The van der Waals surface area contributed by atoms with Gasteiger partial charge < -0.3 is 14.9 Å². The lowest BCUT2D eigenvalue weighted by molar-refractivity contribution is 0.101. The summed E-state index contributed by atoms with van der Waals surface area (Å²) in [5.41, 5.74) is 6.59. The first kappa shape index (κ1) is 16.3. The van der Waals surface area contributed by atoms with Crippen LogP contribution >= 0.6 is 0 Å². The largest absolute Gasteiger partial charge is 0.370 e. The summed E-state index contributed by atoms with van der Waals surface area (Å²) in [5, 5.41) is 0. The summed E-state index contributed by atoms with van der Waals surface area (Å²) in [6, 6.07) is 6.19. The first-order valence-corrected chi connectivity index (χ1v) is 8.42. The van der Waals surface area contributed by atoms with Crippen LogP contribution in [0.15, 0.2) is 18.2 Å². The Labute approximate surface area is 142 Å². The highest BCUT2D eigenvalue weighted by Crippen LogP contribution is 2.31. The number of para-hydroxylation sites is 1. The number of rotatable bonds is 5. The number of ketones is 1. The molecule has 0 amide bonds. The van der Waals surface area contributed by atoms with Gasteiger partial charge in [-0.3, -0.25) is 4.79 Å². The Morgan fingerprint density at radius 3 is 2.46 bits per heavy atom. The van der Waals surface area contributed by atoms with Gasteiger partial charge in [-0.2, -0.15) is 0 Å². The van der Waals surface area contributed by atoms with Gasteiger partial charge in [0.1, 0.15) is 5.52 Å². The van der Waals surface area contributed by atoms with Crippen molar-refractivity contribution in [2.45, 2.75) is 34.6 Å². The number of hydrogen-bond acceptors (Lipinski definition) is 3. The van der Waals surface area contributed by atoms with Crippen LogP contribution in [0.1, 0.15) is 42.4 Å². The van der Waals surface area contributed by atoms with E-state index in [-0.39, 0.29) is 5.78 Å². The van der Waals surface area contributed by atoms with Gasteiger partial charge in [0.2, 0.25) is 0 Å². The molecule has 5 nitrogen and oxygen atoms in total. The summed E-state index contributed by atoms with van der Waals surface area (Å²) in [6.45, 7) is 11.7. The second-order valence-corrected chi connectivity index (χ2v) is 6.11. The quantitative estimate of drug-likeness (QED) is 0.691. The molecule has 3 aromatic rings. The summed E-state index contributed by atoms with van der Waals surface area (Å²) in [4.78, 5) is 25.7. The normalized spacial score (nSPS) is 11.2. The summed E-state index contributed by atoms with van der Waals surface area (Å²) >= 11 is 0. The van der Waals surface area contributed by atoms with Gasteiger partial charge in [0.05, 0.1) is 16.9 Å². The van der Waals surface area contributed by atoms with Crippen molar-refractivity contribution in [1.82, 2.24) is 15.0 Å². The monoisotopic (exact) mass is 324 g/mol. The molecule has 0 aliphatic carbocycles. The van der Waals surface area contributed by atoms with E-state index in [9.17, 15) is 4.79 Å². The molecule has 126 valence electrons. The molecule has 0 fully saturated rings. The number of anilines is 1. The van der Waals surface area contributed by atoms with Crippen molar-refractivity contribution in [2.75, 3.05) is 18.0 Å². The van der Waals surface area contributed by atoms with E-state index in [4.69, 9.17) is 4.98 Å². The van der Waals surface area contributed by atoms with Crippen LogP contribution in [0.5, 0.6) is 0 Å². The summed E-state index contributed by atoms with van der Waals surface area (Å²) in [6.07, 6.45) is 0. The van der Waals surface area contributed by atoms with Gasteiger partial charge in [0.15, 0.2) is 11.6 Å². The molecular weight excluding hydrogens is 300 g/mol. The zero-order valence-electron chi connectivity index (χ0n) is 14.9. The maximum atomic E-state index is 11.9. The Kier molecular flexibility index (Phi) is 4.18. The zero-order valence-corrected chi connectivity index (χ0v) is 14.9. The second kappa shape index (κ2) is 6.15. The molecule has 0 bridgehead atoms. The van der Waals surface area contributed by atoms with E-state index >= 15 is 0 Å². The molecule has 0 aliphatic heterocycles. The maximum absolute atomic E-state index is 11.9. The minimum Gasteiger partial charge on any atom is -0.370 e. The van der Waals surface area contributed by atoms with Gasteiger partial charge in [-0.25, -0.2) is 4.98 Å². The number of carbonyl (C=O) groups is 1. The smallest absolute Gasteiger partial charge is 0.161 e. The predicted octanol–water partition coefficient (Wildman–Crippen LogP) is 4.22. The Morgan fingerprint density at radius 2 is 1.88 bits per heavy atom. The number of aromatic amines is 2. The number of aromatic nitrogens is 3. The molecule has 0 spiro atoms. The van der Waals surface area contributed by atoms with Crippen LogP contribution in [-0.2, 0) is 0 Å². The van der Waals surface area contributed by atoms with E-state index < -0.39 is 0 Å². The maximum Gasteiger partial charge on any atom is 0.161 e. The van der Waals surface area contributed by atoms with Crippen molar-refractivity contribution in [3.63, 3.8) is 0 Å². The average molecular weight is 324 g/mol. The number of hydrogen-bond donors (Lipinski definition) is 2. The standard InChI is InChI=1S/C19H24N4O/c1-6-23(7-2)15-10-8-9-14-18(15)22-19(21-14)17-11(3)16(13(5)24)12(4)20-17/h8-10,20H,6-7H2,1-5H3,(H,21,22). The van der Waals surface area contributed by atoms with Gasteiger partial charge in [-0.05, 0) is 52.3 Å². The zero-order chi connectivity index (χ0) is 17.4. The fourth-order valence-corrected chi connectivity index (χ4v) is 3.47. The number of aryl methyl sites for hydroxylation is 1. The predicted molar refractivity (Wildman–Crippen MR) is 98.9 cm³/mol. The lowest BCUT2D eigenvalue weighted by Crippen LogP contribution is -2.21. The third-order valence-electron chi connectivity index (χ3n) is 4.62. The molecule has 2 aromatic heterocycles. The van der Waals surface area contributed by atoms with Crippen LogP contribution in [0.25, 0.3) is 22.6 Å². The van der Waals surface area contributed by atoms with E-state index in [0.29, 0.717) is 0 Å². The molecule has 0 saturated heterocycles. The Morgan fingerprint density at radius 1 is 1.17 bits per heavy atom. The van der Waals surface area contributed by atoms with Crippen LogP contribution < -0.4 is 4.90 Å². The van der Waals surface area contributed by atoms with Gasteiger partial charge >= 0.3 is 0 Å². The van der Waals surface area contributed by atoms with Crippen molar-refractivity contribution >= 4 is 22.5 Å². The number of H-pyrrole nitrogens is 2. The highest BCUT2D eigenvalue weighted by Gasteiger charge is 2.19. The van der Waals surface area contributed by atoms with Crippen molar-refractivity contribution in [3.8, 4) is 11.5 Å². The molecule has 0 radical (unpaired) electrons. The SMILES string of the molecule is CCN(CC)c1cccc2[nH]c(-c3[nH]c(C)c(C(C)=O)c3C)nc12. The number of carbonyl (C=O) groups excluding carboxylic acids is 1. The van der Waals surface area contributed by atoms with E-state index in [1.807, 2.05) is 26.0 Å². The number of Topliss-reactive ketones (excluding diaryl/α,β-unsaturated/α-hetero) is 1. The van der Waals surface area contributed by atoms with Crippen LogP contribution in [0.2, 0.25) is 0 Å². The molecule has 0 aliphatic rings. The topological polar surface area (TPSA) is 64.8 Å². The lowest BCUT2D eigenvalue weighted by Gasteiger charge is -2.21. The summed E-state index contributed by atoms with van der Waals surface area (Å²) in [7, 11) is 0. The fourth-order valence-electron chi connectivity index (χ4n) is 3.47. The molecule has 2 heterocycles. The van der Waals surface area contributed by atoms with Crippen molar-refractivity contribution in [3.05, 3.63) is 35.0 Å². The molecule has 2 N–H and O–H groups in total. The Hall–Kier alpha value is -2.56. The van der Waals surface area contributed by atoms with E-state index in [0.717, 1.165) is 58.1 Å². The van der Waals surface area contributed by atoms with Crippen LogP contribution in [0, 0.1) is 13.8 Å². The first-order valence-electron chi connectivity index (χ1n) is 8.42.